The normalized spacial score (nSPS) is 17.2. The van der Waals surface area contributed by atoms with Crippen molar-refractivity contribution in [3.8, 4) is 11.3 Å². The summed E-state index contributed by atoms with van der Waals surface area (Å²) in [4.78, 5) is 22.8. The minimum Gasteiger partial charge on any atom is -0.354 e. The summed E-state index contributed by atoms with van der Waals surface area (Å²) in [6.07, 6.45) is 6.43. The lowest BCUT2D eigenvalue weighted by Gasteiger charge is -2.28. The van der Waals surface area contributed by atoms with Crippen molar-refractivity contribution in [2.45, 2.75) is 38.0 Å². The highest BCUT2D eigenvalue weighted by molar-refractivity contribution is 7.10. The monoisotopic (exact) mass is 464 g/mol. The standard InChI is InChI=1S/C24H28N6O2S/c31-30(32)21-10-11-22(29-14-12-25-13-15-29)28-23(21)26-19-8-6-17(7-9-19)20-16-33-24(27-20)18-4-2-1-3-5-18/h6-11,16,18,25H,1-5,12-15H2,(H,26,28). The molecule has 1 aliphatic heterocycles. The van der Waals surface area contributed by atoms with Gasteiger partial charge < -0.3 is 15.5 Å². The number of piperazine rings is 1. The quantitative estimate of drug-likeness (QED) is 0.377. The lowest BCUT2D eigenvalue weighted by Crippen LogP contribution is -2.43. The summed E-state index contributed by atoms with van der Waals surface area (Å²) in [6, 6.07) is 11.1. The van der Waals surface area contributed by atoms with Gasteiger partial charge in [-0.2, -0.15) is 0 Å². The minimum atomic E-state index is -0.396. The van der Waals surface area contributed by atoms with Crippen LogP contribution in [0.2, 0.25) is 0 Å². The molecule has 0 amide bonds. The van der Waals surface area contributed by atoms with Crippen LogP contribution in [0.1, 0.15) is 43.0 Å². The Morgan fingerprint density at radius 2 is 1.79 bits per heavy atom. The van der Waals surface area contributed by atoms with Crippen molar-refractivity contribution in [1.29, 1.82) is 0 Å². The lowest BCUT2D eigenvalue weighted by atomic mass is 9.90. The van der Waals surface area contributed by atoms with Crippen LogP contribution in [0, 0.1) is 10.1 Å². The van der Waals surface area contributed by atoms with Crippen molar-refractivity contribution in [2.24, 2.45) is 0 Å². The average Bonchev–Trinajstić information content (AvgIpc) is 3.36. The van der Waals surface area contributed by atoms with E-state index in [1.807, 2.05) is 24.3 Å². The summed E-state index contributed by atoms with van der Waals surface area (Å²) in [5, 5.41) is 21.4. The van der Waals surface area contributed by atoms with Gasteiger partial charge in [-0.15, -0.1) is 11.3 Å². The van der Waals surface area contributed by atoms with E-state index in [4.69, 9.17) is 4.98 Å². The molecular formula is C24H28N6O2S. The first-order chi connectivity index (χ1) is 16.2. The zero-order valence-electron chi connectivity index (χ0n) is 18.5. The Labute approximate surface area is 197 Å². The number of nitrogens with one attached hydrogen (secondary N) is 2. The Kier molecular flexibility index (Phi) is 6.50. The highest BCUT2D eigenvalue weighted by atomic mass is 32.1. The second-order valence-electron chi connectivity index (χ2n) is 8.64. The van der Waals surface area contributed by atoms with E-state index >= 15 is 0 Å². The Morgan fingerprint density at radius 1 is 1.03 bits per heavy atom. The Morgan fingerprint density at radius 3 is 2.52 bits per heavy atom. The molecule has 9 heteroatoms. The number of nitrogens with zero attached hydrogens (tertiary/aromatic N) is 4. The molecule has 1 saturated carbocycles. The third-order valence-corrected chi connectivity index (χ3v) is 7.42. The molecular weight excluding hydrogens is 436 g/mol. The summed E-state index contributed by atoms with van der Waals surface area (Å²) in [6.45, 7) is 3.41. The number of anilines is 3. The first kappa shape index (κ1) is 21.8. The zero-order valence-corrected chi connectivity index (χ0v) is 19.3. The highest BCUT2D eigenvalue weighted by Gasteiger charge is 2.21. The molecule has 0 bridgehead atoms. The van der Waals surface area contributed by atoms with E-state index in [1.54, 1.807) is 17.4 Å². The van der Waals surface area contributed by atoms with Crippen LogP contribution in [-0.4, -0.2) is 41.1 Å². The van der Waals surface area contributed by atoms with Gasteiger partial charge in [-0.1, -0.05) is 31.4 Å². The molecule has 172 valence electrons. The largest absolute Gasteiger partial charge is 0.354 e. The van der Waals surface area contributed by atoms with Crippen LogP contribution in [0.5, 0.6) is 0 Å². The number of aromatic nitrogens is 2. The predicted octanol–water partition coefficient (Wildman–Crippen LogP) is 5.31. The SMILES string of the molecule is O=[N+]([O-])c1ccc(N2CCNCC2)nc1Nc1ccc(-c2csc(C3CCCCC3)n2)cc1. The van der Waals surface area contributed by atoms with Crippen LogP contribution in [-0.2, 0) is 0 Å². The maximum absolute atomic E-state index is 11.6. The smallest absolute Gasteiger partial charge is 0.311 e. The summed E-state index contributed by atoms with van der Waals surface area (Å²) in [7, 11) is 0. The fraction of sp³-hybridized carbons (Fsp3) is 0.417. The summed E-state index contributed by atoms with van der Waals surface area (Å²) in [5.41, 5.74) is 2.77. The number of rotatable bonds is 6. The first-order valence-electron chi connectivity index (χ1n) is 11.6. The molecule has 3 aromatic rings. The van der Waals surface area contributed by atoms with Crippen molar-refractivity contribution >= 4 is 34.3 Å². The molecule has 0 atom stereocenters. The van der Waals surface area contributed by atoms with Crippen molar-refractivity contribution in [1.82, 2.24) is 15.3 Å². The number of pyridine rings is 1. The van der Waals surface area contributed by atoms with Gasteiger partial charge in [0.05, 0.1) is 15.6 Å². The van der Waals surface area contributed by atoms with Crippen LogP contribution in [0.4, 0.5) is 23.0 Å². The number of hydrogen-bond acceptors (Lipinski definition) is 8. The van der Waals surface area contributed by atoms with Gasteiger partial charge in [0.25, 0.3) is 0 Å². The van der Waals surface area contributed by atoms with Gasteiger partial charge in [0.1, 0.15) is 5.82 Å². The Hall–Kier alpha value is -3.04. The van der Waals surface area contributed by atoms with E-state index in [9.17, 15) is 10.1 Å². The van der Waals surface area contributed by atoms with Gasteiger partial charge in [0, 0.05) is 54.8 Å². The van der Waals surface area contributed by atoms with Crippen LogP contribution < -0.4 is 15.5 Å². The Balaban J connectivity index is 1.33. The van der Waals surface area contributed by atoms with Crippen molar-refractivity contribution in [2.75, 3.05) is 36.4 Å². The van der Waals surface area contributed by atoms with E-state index < -0.39 is 4.92 Å². The van der Waals surface area contributed by atoms with Gasteiger partial charge in [-0.05, 0) is 31.0 Å². The summed E-state index contributed by atoms with van der Waals surface area (Å²) in [5.74, 6) is 1.61. The number of benzene rings is 1. The molecule has 0 unspecified atom stereocenters. The number of nitro groups is 1. The molecule has 2 aliphatic rings. The second-order valence-corrected chi connectivity index (χ2v) is 9.53. The van der Waals surface area contributed by atoms with Gasteiger partial charge >= 0.3 is 5.69 Å². The lowest BCUT2D eigenvalue weighted by molar-refractivity contribution is -0.384. The number of thiazole rings is 1. The van der Waals surface area contributed by atoms with E-state index in [-0.39, 0.29) is 11.5 Å². The van der Waals surface area contributed by atoms with Crippen LogP contribution >= 0.6 is 11.3 Å². The fourth-order valence-electron chi connectivity index (χ4n) is 4.57. The van der Waals surface area contributed by atoms with E-state index in [0.29, 0.717) is 5.92 Å². The van der Waals surface area contributed by atoms with Gasteiger partial charge in [0.15, 0.2) is 0 Å². The van der Waals surface area contributed by atoms with Crippen molar-refractivity contribution < 1.29 is 4.92 Å². The Bertz CT molecular complexity index is 1100. The predicted molar refractivity (Wildman–Crippen MR) is 133 cm³/mol. The summed E-state index contributed by atoms with van der Waals surface area (Å²) < 4.78 is 0. The molecule has 33 heavy (non-hydrogen) atoms. The summed E-state index contributed by atoms with van der Waals surface area (Å²) >= 11 is 1.76. The molecule has 2 fully saturated rings. The zero-order chi connectivity index (χ0) is 22.6. The molecule has 5 rings (SSSR count). The molecule has 0 radical (unpaired) electrons. The van der Waals surface area contributed by atoms with E-state index in [2.05, 4.69) is 25.9 Å². The van der Waals surface area contributed by atoms with Crippen molar-refractivity contribution in [3.63, 3.8) is 0 Å². The second kappa shape index (κ2) is 9.84. The van der Waals surface area contributed by atoms with Crippen LogP contribution in [0.15, 0.2) is 41.8 Å². The van der Waals surface area contributed by atoms with Crippen molar-refractivity contribution in [3.05, 3.63) is 56.9 Å². The third-order valence-electron chi connectivity index (χ3n) is 6.42. The highest BCUT2D eigenvalue weighted by Crippen LogP contribution is 2.36. The molecule has 3 heterocycles. The average molecular weight is 465 g/mol. The van der Waals surface area contributed by atoms with Gasteiger partial charge in [-0.25, -0.2) is 9.97 Å². The van der Waals surface area contributed by atoms with Crippen LogP contribution in [0.3, 0.4) is 0 Å². The molecule has 2 aromatic heterocycles. The van der Waals surface area contributed by atoms with Gasteiger partial charge in [0.2, 0.25) is 5.82 Å². The number of hydrogen-bond donors (Lipinski definition) is 2. The molecule has 2 N–H and O–H groups in total. The molecule has 1 saturated heterocycles. The fourth-order valence-corrected chi connectivity index (χ4v) is 5.57. The molecule has 1 aliphatic carbocycles. The first-order valence-corrected chi connectivity index (χ1v) is 12.5. The third kappa shape index (κ3) is 4.99. The minimum absolute atomic E-state index is 0.0328. The van der Waals surface area contributed by atoms with Crippen LogP contribution in [0.25, 0.3) is 11.3 Å². The van der Waals surface area contributed by atoms with E-state index in [0.717, 1.165) is 48.9 Å². The molecule has 1 aromatic carbocycles. The van der Waals surface area contributed by atoms with E-state index in [1.165, 1.54) is 43.2 Å². The van der Waals surface area contributed by atoms with Gasteiger partial charge in [-0.3, -0.25) is 10.1 Å². The maximum Gasteiger partial charge on any atom is 0.311 e. The topological polar surface area (TPSA) is 96.2 Å². The molecule has 0 spiro atoms. The molecule has 8 nitrogen and oxygen atoms in total. The maximum atomic E-state index is 11.6.